The Bertz CT molecular complexity index is 170. The van der Waals surface area contributed by atoms with Crippen molar-refractivity contribution in [3.05, 3.63) is 24.2 Å². The summed E-state index contributed by atoms with van der Waals surface area (Å²) >= 11 is 0. The smallest absolute Gasteiger partial charge is 0.117 e. The van der Waals surface area contributed by atoms with Gasteiger partial charge in [0.2, 0.25) is 0 Å². The van der Waals surface area contributed by atoms with Crippen LogP contribution >= 0.6 is 0 Å². The molecule has 1 rings (SSSR count). The summed E-state index contributed by atoms with van der Waals surface area (Å²) in [6.45, 7) is 4.12. The molecule has 1 aromatic rings. The van der Waals surface area contributed by atoms with Crippen molar-refractivity contribution in [2.45, 2.75) is 26.3 Å². The number of hydrogen-bond acceptors (Lipinski definition) is 2. The number of furan rings is 1. The Hall–Kier alpha value is -0.760. The summed E-state index contributed by atoms with van der Waals surface area (Å²) in [4.78, 5) is 0. The molecule has 0 unspecified atom stereocenters. The van der Waals surface area contributed by atoms with Gasteiger partial charge in [-0.05, 0) is 25.1 Å². The minimum Gasteiger partial charge on any atom is -0.468 e. The average Bonchev–Trinajstić information content (AvgIpc) is 2.50. The zero-order valence-corrected chi connectivity index (χ0v) is 6.97. The van der Waals surface area contributed by atoms with E-state index in [-0.39, 0.29) is 0 Å². The van der Waals surface area contributed by atoms with Gasteiger partial charge < -0.3 is 9.73 Å². The second-order valence-electron chi connectivity index (χ2n) is 2.61. The molecule has 0 aliphatic carbocycles. The van der Waals surface area contributed by atoms with Crippen molar-refractivity contribution in [3.63, 3.8) is 0 Å². The molecule has 2 heteroatoms. The number of hydrogen-bond donors (Lipinski definition) is 1. The highest BCUT2D eigenvalue weighted by Gasteiger charge is 1.92. The van der Waals surface area contributed by atoms with Gasteiger partial charge in [-0.1, -0.05) is 13.3 Å². The van der Waals surface area contributed by atoms with Crippen molar-refractivity contribution in [1.29, 1.82) is 0 Å². The van der Waals surface area contributed by atoms with Crippen LogP contribution in [0.5, 0.6) is 0 Å². The SMILES string of the molecule is CCCCNCc1ccco1. The van der Waals surface area contributed by atoms with Crippen LogP contribution in [0.2, 0.25) is 0 Å². The maximum atomic E-state index is 5.15. The van der Waals surface area contributed by atoms with E-state index >= 15 is 0 Å². The van der Waals surface area contributed by atoms with E-state index in [1.165, 1.54) is 12.8 Å². The lowest BCUT2D eigenvalue weighted by Crippen LogP contribution is -2.13. The highest BCUT2D eigenvalue weighted by atomic mass is 16.3. The van der Waals surface area contributed by atoms with Gasteiger partial charge in [0.1, 0.15) is 5.76 Å². The third-order valence-corrected chi connectivity index (χ3v) is 1.59. The van der Waals surface area contributed by atoms with Crippen molar-refractivity contribution in [3.8, 4) is 0 Å². The van der Waals surface area contributed by atoms with Gasteiger partial charge >= 0.3 is 0 Å². The van der Waals surface area contributed by atoms with Crippen LogP contribution in [-0.4, -0.2) is 6.54 Å². The van der Waals surface area contributed by atoms with Crippen LogP contribution in [0.15, 0.2) is 22.8 Å². The van der Waals surface area contributed by atoms with Crippen LogP contribution in [0.25, 0.3) is 0 Å². The topological polar surface area (TPSA) is 25.2 Å². The van der Waals surface area contributed by atoms with Crippen molar-refractivity contribution < 1.29 is 4.42 Å². The first-order chi connectivity index (χ1) is 5.43. The molecule has 0 spiro atoms. The maximum Gasteiger partial charge on any atom is 0.117 e. The van der Waals surface area contributed by atoms with Gasteiger partial charge in [0, 0.05) is 0 Å². The van der Waals surface area contributed by atoms with Crippen molar-refractivity contribution in [2.75, 3.05) is 6.54 Å². The van der Waals surface area contributed by atoms with Gasteiger partial charge in [0.25, 0.3) is 0 Å². The molecule has 62 valence electrons. The van der Waals surface area contributed by atoms with Crippen molar-refractivity contribution >= 4 is 0 Å². The predicted molar refractivity (Wildman–Crippen MR) is 45.3 cm³/mol. The molecule has 0 bridgehead atoms. The third kappa shape index (κ3) is 3.23. The zero-order chi connectivity index (χ0) is 7.94. The normalized spacial score (nSPS) is 10.3. The molecule has 0 amide bonds. The third-order valence-electron chi connectivity index (χ3n) is 1.59. The van der Waals surface area contributed by atoms with E-state index in [1.807, 2.05) is 12.1 Å². The molecular formula is C9H15NO. The summed E-state index contributed by atoms with van der Waals surface area (Å²) in [7, 11) is 0. The first-order valence-electron chi connectivity index (χ1n) is 4.16. The van der Waals surface area contributed by atoms with E-state index < -0.39 is 0 Å². The zero-order valence-electron chi connectivity index (χ0n) is 6.97. The number of nitrogens with one attached hydrogen (secondary N) is 1. The van der Waals surface area contributed by atoms with E-state index in [2.05, 4.69) is 12.2 Å². The molecule has 0 aromatic carbocycles. The van der Waals surface area contributed by atoms with Gasteiger partial charge in [-0.2, -0.15) is 0 Å². The van der Waals surface area contributed by atoms with Crippen LogP contribution in [-0.2, 0) is 6.54 Å². The Balaban J connectivity index is 2.04. The highest BCUT2D eigenvalue weighted by Crippen LogP contribution is 1.98. The molecule has 0 aliphatic heterocycles. The highest BCUT2D eigenvalue weighted by molar-refractivity contribution is 4.97. The standard InChI is InChI=1S/C9H15NO/c1-2-3-6-10-8-9-5-4-7-11-9/h4-5,7,10H,2-3,6,8H2,1H3. The van der Waals surface area contributed by atoms with Crippen LogP contribution in [0.4, 0.5) is 0 Å². The Morgan fingerprint density at radius 1 is 1.55 bits per heavy atom. The van der Waals surface area contributed by atoms with Gasteiger partial charge in [0.05, 0.1) is 12.8 Å². The van der Waals surface area contributed by atoms with Crippen LogP contribution in [0.3, 0.4) is 0 Å². The minimum absolute atomic E-state index is 0.854. The average molecular weight is 153 g/mol. The summed E-state index contributed by atoms with van der Waals surface area (Å²) < 4.78 is 5.15. The summed E-state index contributed by atoms with van der Waals surface area (Å²) in [5, 5.41) is 3.29. The van der Waals surface area contributed by atoms with Gasteiger partial charge in [-0.15, -0.1) is 0 Å². The Morgan fingerprint density at radius 3 is 3.09 bits per heavy atom. The first kappa shape index (κ1) is 8.34. The first-order valence-corrected chi connectivity index (χ1v) is 4.16. The van der Waals surface area contributed by atoms with Crippen LogP contribution in [0.1, 0.15) is 25.5 Å². The molecule has 0 aliphatic rings. The number of unbranched alkanes of at least 4 members (excludes halogenated alkanes) is 1. The molecule has 0 radical (unpaired) electrons. The molecule has 1 N–H and O–H groups in total. The molecule has 0 saturated carbocycles. The molecule has 2 nitrogen and oxygen atoms in total. The van der Waals surface area contributed by atoms with E-state index in [9.17, 15) is 0 Å². The molecular weight excluding hydrogens is 138 g/mol. The largest absolute Gasteiger partial charge is 0.468 e. The Morgan fingerprint density at radius 2 is 2.45 bits per heavy atom. The molecule has 11 heavy (non-hydrogen) atoms. The predicted octanol–water partition coefficient (Wildman–Crippen LogP) is 2.17. The fourth-order valence-corrected chi connectivity index (χ4v) is 0.927. The Labute approximate surface area is 67.6 Å². The summed E-state index contributed by atoms with van der Waals surface area (Å²) in [6, 6.07) is 3.90. The summed E-state index contributed by atoms with van der Waals surface area (Å²) in [5.41, 5.74) is 0. The van der Waals surface area contributed by atoms with Crippen LogP contribution < -0.4 is 5.32 Å². The van der Waals surface area contributed by atoms with Crippen molar-refractivity contribution in [2.24, 2.45) is 0 Å². The van der Waals surface area contributed by atoms with E-state index in [4.69, 9.17) is 4.42 Å². The second kappa shape index (κ2) is 4.97. The monoisotopic (exact) mass is 153 g/mol. The Kier molecular flexibility index (Phi) is 3.76. The maximum absolute atomic E-state index is 5.15. The van der Waals surface area contributed by atoms with E-state index in [0.717, 1.165) is 18.8 Å². The lowest BCUT2D eigenvalue weighted by Gasteiger charge is -1.99. The van der Waals surface area contributed by atoms with Gasteiger partial charge in [-0.3, -0.25) is 0 Å². The summed E-state index contributed by atoms with van der Waals surface area (Å²) in [6.07, 6.45) is 4.18. The van der Waals surface area contributed by atoms with Crippen LogP contribution in [0, 0.1) is 0 Å². The van der Waals surface area contributed by atoms with E-state index in [1.54, 1.807) is 6.26 Å². The lowest BCUT2D eigenvalue weighted by atomic mass is 10.3. The lowest BCUT2D eigenvalue weighted by molar-refractivity contribution is 0.480. The number of rotatable bonds is 5. The molecule has 1 aromatic heterocycles. The minimum atomic E-state index is 0.854. The second-order valence-corrected chi connectivity index (χ2v) is 2.61. The molecule has 0 atom stereocenters. The quantitative estimate of drug-likeness (QED) is 0.656. The fraction of sp³-hybridized carbons (Fsp3) is 0.556. The summed E-state index contributed by atoms with van der Waals surface area (Å²) in [5.74, 6) is 1.01. The fourth-order valence-electron chi connectivity index (χ4n) is 0.927. The molecule has 0 fully saturated rings. The molecule has 0 saturated heterocycles. The van der Waals surface area contributed by atoms with Crippen molar-refractivity contribution in [1.82, 2.24) is 5.32 Å². The van der Waals surface area contributed by atoms with E-state index in [0.29, 0.717) is 0 Å². The molecule has 1 heterocycles. The van der Waals surface area contributed by atoms with Gasteiger partial charge in [-0.25, -0.2) is 0 Å². The van der Waals surface area contributed by atoms with Gasteiger partial charge in [0.15, 0.2) is 0 Å².